The van der Waals surface area contributed by atoms with E-state index in [0.29, 0.717) is 5.92 Å². The highest BCUT2D eigenvalue weighted by Gasteiger charge is 2.28. The Morgan fingerprint density at radius 1 is 1.33 bits per heavy atom. The molecule has 1 aromatic carbocycles. The minimum absolute atomic E-state index is 0.0739. The number of aliphatic imine (C=N–C) groups is 1. The van der Waals surface area contributed by atoms with E-state index in [4.69, 9.17) is 0 Å². The summed E-state index contributed by atoms with van der Waals surface area (Å²) in [4.78, 5) is 4.64. The van der Waals surface area contributed by atoms with Gasteiger partial charge in [-0.25, -0.2) is 0 Å². The minimum Gasteiger partial charge on any atom is -0.261 e. The topological polar surface area (TPSA) is 12.4 Å². The Hall–Kier alpha value is -1.63. The van der Waals surface area contributed by atoms with Crippen molar-refractivity contribution in [3.8, 4) is 0 Å². The molecule has 0 amide bonds. The van der Waals surface area contributed by atoms with E-state index in [1.54, 1.807) is 11.1 Å². The number of allylic oxidation sites excluding steroid dienone is 3. The first-order valence-corrected chi connectivity index (χ1v) is 7.83. The Labute approximate surface area is 129 Å². The van der Waals surface area contributed by atoms with Crippen molar-refractivity contribution in [1.82, 2.24) is 0 Å². The van der Waals surface area contributed by atoms with Crippen LogP contribution in [0.2, 0.25) is 0 Å². The Kier molecular flexibility index (Phi) is 4.82. The lowest BCUT2D eigenvalue weighted by molar-refractivity contribution is 0.501. The van der Waals surface area contributed by atoms with E-state index in [2.05, 4.69) is 45.5 Å². The monoisotopic (exact) mass is 281 g/mol. The van der Waals surface area contributed by atoms with Gasteiger partial charge in [0.15, 0.2) is 0 Å². The number of nitrogens with zero attached hydrogens (tertiary/aromatic N) is 1. The van der Waals surface area contributed by atoms with Gasteiger partial charge in [0.2, 0.25) is 0 Å². The van der Waals surface area contributed by atoms with Crippen molar-refractivity contribution < 1.29 is 0 Å². The van der Waals surface area contributed by atoms with E-state index in [9.17, 15) is 0 Å². The van der Waals surface area contributed by atoms with Gasteiger partial charge in [0, 0.05) is 17.5 Å². The maximum atomic E-state index is 4.64. The van der Waals surface area contributed by atoms with Gasteiger partial charge in [0.05, 0.1) is 5.69 Å². The quantitative estimate of drug-likeness (QED) is 0.456. The average molecular weight is 281 g/mol. The zero-order valence-electron chi connectivity index (χ0n) is 13.8. The van der Waals surface area contributed by atoms with Crippen molar-refractivity contribution in [2.75, 3.05) is 0 Å². The summed E-state index contributed by atoms with van der Waals surface area (Å²) in [5.74, 6) is 0.578. The molecule has 1 aromatic rings. The molecule has 0 bridgehead atoms. The van der Waals surface area contributed by atoms with E-state index in [1.807, 2.05) is 30.3 Å². The molecule has 2 rings (SSSR count). The third-order valence-corrected chi connectivity index (χ3v) is 4.34. The van der Waals surface area contributed by atoms with Crippen molar-refractivity contribution in [1.29, 1.82) is 0 Å². The Bertz CT molecular complexity index is 561. The van der Waals surface area contributed by atoms with Crippen molar-refractivity contribution in [2.45, 2.75) is 47.0 Å². The molecule has 1 nitrogen and oxygen atoms in total. The molecule has 112 valence electrons. The molecular formula is C20H27N. The highest BCUT2D eigenvalue weighted by molar-refractivity contribution is 5.69. The Morgan fingerprint density at radius 3 is 2.62 bits per heavy atom. The highest BCUT2D eigenvalue weighted by atomic mass is 14.7. The van der Waals surface area contributed by atoms with Crippen molar-refractivity contribution in [2.24, 2.45) is 16.3 Å². The van der Waals surface area contributed by atoms with E-state index in [-0.39, 0.29) is 5.41 Å². The van der Waals surface area contributed by atoms with Crippen molar-refractivity contribution in [3.05, 3.63) is 53.6 Å². The lowest BCUT2D eigenvalue weighted by Gasteiger charge is -2.25. The summed E-state index contributed by atoms with van der Waals surface area (Å²) < 4.78 is 0. The van der Waals surface area contributed by atoms with Crippen LogP contribution < -0.4 is 0 Å². The summed E-state index contributed by atoms with van der Waals surface area (Å²) in [6, 6.07) is 10.2. The van der Waals surface area contributed by atoms with Gasteiger partial charge in [0.1, 0.15) is 0 Å². The Morgan fingerprint density at radius 2 is 2.00 bits per heavy atom. The second-order valence-electron chi connectivity index (χ2n) is 7.00. The fourth-order valence-electron chi connectivity index (χ4n) is 3.11. The molecule has 1 aliphatic carbocycles. The SMILES string of the molecule is C=C(C)[C@@H]1CCC(C)=C1CC(C)(C)C=Nc1ccccc1. The molecular weight excluding hydrogens is 254 g/mol. The second kappa shape index (κ2) is 6.43. The summed E-state index contributed by atoms with van der Waals surface area (Å²) in [5, 5.41) is 0. The van der Waals surface area contributed by atoms with Gasteiger partial charge in [-0.2, -0.15) is 0 Å². The summed E-state index contributed by atoms with van der Waals surface area (Å²) >= 11 is 0. The van der Waals surface area contributed by atoms with Gasteiger partial charge in [0.25, 0.3) is 0 Å². The fraction of sp³-hybridized carbons (Fsp3) is 0.450. The number of hydrogen-bond donors (Lipinski definition) is 0. The third-order valence-electron chi connectivity index (χ3n) is 4.34. The average Bonchev–Trinajstić information content (AvgIpc) is 2.79. The number of hydrogen-bond acceptors (Lipinski definition) is 1. The van der Waals surface area contributed by atoms with Gasteiger partial charge in [-0.15, -0.1) is 0 Å². The predicted molar refractivity (Wildman–Crippen MR) is 93.2 cm³/mol. The van der Waals surface area contributed by atoms with Crippen LogP contribution in [0.25, 0.3) is 0 Å². The predicted octanol–water partition coefficient (Wildman–Crippen LogP) is 6.11. The van der Waals surface area contributed by atoms with Crippen LogP contribution in [0.4, 0.5) is 5.69 Å². The van der Waals surface area contributed by atoms with Crippen molar-refractivity contribution >= 4 is 11.9 Å². The first-order valence-electron chi connectivity index (χ1n) is 7.83. The molecule has 21 heavy (non-hydrogen) atoms. The van der Waals surface area contributed by atoms with Crippen molar-refractivity contribution in [3.63, 3.8) is 0 Å². The number of para-hydroxylation sites is 1. The smallest absolute Gasteiger partial charge is 0.0625 e. The van der Waals surface area contributed by atoms with Gasteiger partial charge in [-0.05, 0) is 45.2 Å². The summed E-state index contributed by atoms with van der Waals surface area (Å²) in [5.41, 5.74) is 5.55. The summed E-state index contributed by atoms with van der Waals surface area (Å²) in [6.45, 7) is 13.2. The van der Waals surface area contributed by atoms with Crippen LogP contribution in [-0.2, 0) is 0 Å². The van der Waals surface area contributed by atoms with E-state index in [0.717, 1.165) is 12.1 Å². The summed E-state index contributed by atoms with van der Waals surface area (Å²) in [7, 11) is 0. The highest BCUT2D eigenvalue weighted by Crippen LogP contribution is 2.41. The molecule has 0 saturated heterocycles. The van der Waals surface area contributed by atoms with Crippen LogP contribution in [0.1, 0.15) is 47.0 Å². The van der Waals surface area contributed by atoms with Crippen LogP contribution in [0, 0.1) is 11.3 Å². The zero-order chi connectivity index (χ0) is 15.5. The maximum Gasteiger partial charge on any atom is 0.0625 e. The lowest BCUT2D eigenvalue weighted by atomic mass is 9.80. The maximum absolute atomic E-state index is 4.64. The fourth-order valence-corrected chi connectivity index (χ4v) is 3.11. The first-order chi connectivity index (χ1) is 9.89. The van der Waals surface area contributed by atoms with Crippen LogP contribution >= 0.6 is 0 Å². The molecule has 0 radical (unpaired) electrons. The van der Waals surface area contributed by atoms with Crippen LogP contribution in [0.3, 0.4) is 0 Å². The molecule has 0 saturated carbocycles. The van der Waals surface area contributed by atoms with Gasteiger partial charge in [-0.3, -0.25) is 4.99 Å². The molecule has 1 atom stereocenters. The van der Waals surface area contributed by atoms with E-state index in [1.165, 1.54) is 18.4 Å². The van der Waals surface area contributed by atoms with Gasteiger partial charge in [-0.1, -0.05) is 55.3 Å². The molecule has 0 heterocycles. The molecule has 0 spiro atoms. The largest absolute Gasteiger partial charge is 0.261 e. The molecule has 0 aromatic heterocycles. The summed E-state index contributed by atoms with van der Waals surface area (Å²) in [6.07, 6.45) is 5.64. The van der Waals surface area contributed by atoms with Gasteiger partial charge >= 0.3 is 0 Å². The number of benzene rings is 1. The van der Waals surface area contributed by atoms with Crippen LogP contribution in [0.5, 0.6) is 0 Å². The van der Waals surface area contributed by atoms with Gasteiger partial charge < -0.3 is 0 Å². The number of rotatable bonds is 5. The second-order valence-corrected chi connectivity index (χ2v) is 7.00. The lowest BCUT2D eigenvalue weighted by Crippen LogP contribution is -2.17. The van der Waals surface area contributed by atoms with Crippen LogP contribution in [0.15, 0.2) is 58.6 Å². The first kappa shape index (κ1) is 15.8. The molecule has 1 aliphatic rings. The molecule has 0 unspecified atom stereocenters. The third kappa shape index (κ3) is 4.17. The van der Waals surface area contributed by atoms with E-state index < -0.39 is 0 Å². The zero-order valence-corrected chi connectivity index (χ0v) is 13.8. The minimum atomic E-state index is 0.0739. The normalized spacial score (nSPS) is 19.5. The Balaban J connectivity index is 2.12. The molecule has 1 heteroatoms. The standard InChI is InChI=1S/C20H27N/c1-15(2)18-12-11-16(3)19(18)13-20(4,5)14-21-17-9-7-6-8-10-17/h6-10,14,18H,1,11-13H2,2-5H3/t18-/m0/s1. The molecule has 0 fully saturated rings. The van der Waals surface area contributed by atoms with Crippen LogP contribution in [-0.4, -0.2) is 6.21 Å². The molecule has 0 aliphatic heterocycles. The van der Waals surface area contributed by atoms with E-state index >= 15 is 0 Å². The molecule has 0 N–H and O–H groups in total.